The predicted molar refractivity (Wildman–Crippen MR) is 106 cm³/mol. The van der Waals surface area contributed by atoms with Crippen LogP contribution >= 0.6 is 0 Å². The first-order chi connectivity index (χ1) is 13.4. The molecule has 0 unspecified atom stereocenters. The molecule has 0 spiro atoms. The summed E-state index contributed by atoms with van der Waals surface area (Å²) >= 11 is 0. The second-order valence-electron chi connectivity index (χ2n) is 7.40. The Balaban J connectivity index is 1.57. The number of esters is 1. The molecule has 0 atom stereocenters. The van der Waals surface area contributed by atoms with Gasteiger partial charge in [0.2, 0.25) is 5.91 Å². The van der Waals surface area contributed by atoms with E-state index in [1.807, 2.05) is 18.2 Å². The van der Waals surface area contributed by atoms with Crippen LogP contribution in [0.25, 0.3) is 0 Å². The van der Waals surface area contributed by atoms with Crippen molar-refractivity contribution in [3.8, 4) is 0 Å². The number of carbonyl (C=O) groups is 3. The molecular formula is C23H25NO4. The molecule has 0 N–H and O–H groups in total. The van der Waals surface area contributed by atoms with Crippen molar-refractivity contribution in [2.45, 2.75) is 39.2 Å². The molecule has 1 aliphatic heterocycles. The molecule has 5 heteroatoms. The van der Waals surface area contributed by atoms with Gasteiger partial charge in [-0.3, -0.25) is 9.59 Å². The number of hydrogen-bond acceptors (Lipinski definition) is 4. The number of amides is 1. The summed E-state index contributed by atoms with van der Waals surface area (Å²) in [6.45, 7) is 5.12. The Bertz CT molecular complexity index is 870. The number of Topliss-reactive ketones (excluding diaryl/α,β-unsaturated/α-hetero) is 1. The van der Waals surface area contributed by atoms with E-state index >= 15 is 0 Å². The van der Waals surface area contributed by atoms with Crippen LogP contribution in [0.5, 0.6) is 0 Å². The molecule has 28 heavy (non-hydrogen) atoms. The number of benzene rings is 2. The lowest BCUT2D eigenvalue weighted by atomic mass is 10.0. The lowest BCUT2D eigenvalue weighted by Crippen LogP contribution is -2.24. The van der Waals surface area contributed by atoms with E-state index < -0.39 is 5.97 Å². The molecule has 0 aromatic heterocycles. The topological polar surface area (TPSA) is 63.7 Å². The molecule has 0 saturated carbocycles. The average molecular weight is 379 g/mol. The van der Waals surface area contributed by atoms with E-state index in [0.717, 1.165) is 24.1 Å². The van der Waals surface area contributed by atoms with E-state index in [1.165, 1.54) is 0 Å². The number of hydrogen-bond donors (Lipinski definition) is 0. The maximum absolute atomic E-state index is 12.3. The van der Waals surface area contributed by atoms with Gasteiger partial charge >= 0.3 is 5.97 Å². The van der Waals surface area contributed by atoms with E-state index in [0.29, 0.717) is 30.0 Å². The van der Waals surface area contributed by atoms with Gasteiger partial charge < -0.3 is 9.64 Å². The second kappa shape index (κ2) is 8.83. The molecule has 0 bridgehead atoms. The molecule has 2 aromatic rings. The number of ketones is 1. The Morgan fingerprint density at radius 2 is 1.82 bits per heavy atom. The number of carbonyl (C=O) groups excluding carboxylic acids is 3. The molecule has 5 nitrogen and oxygen atoms in total. The SMILES string of the molecule is CC(C)c1ccc(C(=O)COC(=O)c2cccc(CN3CCCC3=O)c2)cc1. The zero-order valence-electron chi connectivity index (χ0n) is 16.3. The summed E-state index contributed by atoms with van der Waals surface area (Å²) in [5.74, 6) is -0.239. The molecule has 146 valence electrons. The first kappa shape index (κ1) is 19.8. The minimum absolute atomic E-state index is 0.141. The minimum atomic E-state index is -0.540. The molecule has 1 saturated heterocycles. The zero-order valence-corrected chi connectivity index (χ0v) is 16.3. The van der Waals surface area contributed by atoms with Crippen LogP contribution in [0.15, 0.2) is 48.5 Å². The summed E-state index contributed by atoms with van der Waals surface area (Å²) in [7, 11) is 0. The van der Waals surface area contributed by atoms with Crippen molar-refractivity contribution in [1.29, 1.82) is 0 Å². The van der Waals surface area contributed by atoms with Gasteiger partial charge in [0.25, 0.3) is 0 Å². The summed E-state index contributed by atoms with van der Waals surface area (Å²) in [5, 5.41) is 0. The highest BCUT2D eigenvalue weighted by molar-refractivity contribution is 5.99. The first-order valence-electron chi connectivity index (χ1n) is 9.61. The van der Waals surface area contributed by atoms with Gasteiger partial charge in [0.15, 0.2) is 12.4 Å². The summed E-state index contributed by atoms with van der Waals surface area (Å²) in [6, 6.07) is 14.4. The molecular weight excluding hydrogens is 354 g/mol. The molecule has 0 radical (unpaired) electrons. The van der Waals surface area contributed by atoms with E-state index in [1.54, 1.807) is 35.2 Å². The summed E-state index contributed by atoms with van der Waals surface area (Å²) in [5.41, 5.74) is 2.94. The minimum Gasteiger partial charge on any atom is -0.454 e. The maximum Gasteiger partial charge on any atom is 0.338 e. The Labute approximate surface area is 165 Å². The van der Waals surface area contributed by atoms with Crippen LogP contribution in [-0.4, -0.2) is 35.7 Å². The van der Waals surface area contributed by atoms with Gasteiger partial charge in [-0.05, 0) is 35.6 Å². The standard InChI is InChI=1S/C23H25NO4/c1-16(2)18-8-10-19(11-9-18)21(25)15-28-23(27)20-6-3-5-17(13-20)14-24-12-4-7-22(24)26/h3,5-6,8-11,13,16H,4,7,12,14-15H2,1-2H3. The first-order valence-corrected chi connectivity index (χ1v) is 9.61. The highest BCUT2D eigenvalue weighted by Gasteiger charge is 2.20. The van der Waals surface area contributed by atoms with Crippen LogP contribution < -0.4 is 0 Å². The largest absolute Gasteiger partial charge is 0.454 e. The maximum atomic E-state index is 12.3. The lowest BCUT2D eigenvalue weighted by molar-refractivity contribution is -0.128. The Hall–Kier alpha value is -2.95. The number of rotatable bonds is 7. The second-order valence-corrected chi connectivity index (χ2v) is 7.40. The normalized spacial score (nSPS) is 13.8. The molecule has 1 amide bonds. The Morgan fingerprint density at radius 1 is 1.07 bits per heavy atom. The highest BCUT2D eigenvalue weighted by atomic mass is 16.5. The van der Waals surface area contributed by atoms with Crippen molar-refractivity contribution in [2.75, 3.05) is 13.2 Å². The van der Waals surface area contributed by atoms with Crippen LogP contribution in [-0.2, 0) is 16.1 Å². The summed E-state index contributed by atoms with van der Waals surface area (Å²) in [4.78, 5) is 38.1. The fraction of sp³-hybridized carbons (Fsp3) is 0.348. The Morgan fingerprint density at radius 3 is 2.46 bits per heavy atom. The van der Waals surface area contributed by atoms with Crippen LogP contribution in [0.4, 0.5) is 0 Å². The van der Waals surface area contributed by atoms with Gasteiger partial charge in [-0.25, -0.2) is 4.79 Å². The van der Waals surface area contributed by atoms with Crippen molar-refractivity contribution >= 4 is 17.7 Å². The average Bonchev–Trinajstić information content (AvgIpc) is 3.10. The van der Waals surface area contributed by atoms with E-state index in [-0.39, 0.29) is 18.3 Å². The fourth-order valence-corrected chi connectivity index (χ4v) is 3.24. The number of likely N-dealkylation sites (tertiary alicyclic amines) is 1. The Kier molecular flexibility index (Phi) is 6.24. The monoisotopic (exact) mass is 379 g/mol. The molecule has 1 fully saturated rings. The van der Waals surface area contributed by atoms with Crippen LogP contribution in [0.2, 0.25) is 0 Å². The van der Waals surface area contributed by atoms with Crippen LogP contribution in [0.1, 0.15) is 64.4 Å². The quantitative estimate of drug-likeness (QED) is 0.539. The van der Waals surface area contributed by atoms with Crippen molar-refractivity contribution in [1.82, 2.24) is 4.90 Å². The molecule has 2 aromatic carbocycles. The summed E-state index contributed by atoms with van der Waals surface area (Å²) < 4.78 is 5.20. The van der Waals surface area contributed by atoms with Crippen molar-refractivity contribution in [2.24, 2.45) is 0 Å². The zero-order chi connectivity index (χ0) is 20.1. The molecule has 3 rings (SSSR count). The van der Waals surface area contributed by atoms with Gasteiger partial charge in [0, 0.05) is 25.1 Å². The summed E-state index contributed by atoms with van der Waals surface area (Å²) in [6.07, 6.45) is 1.46. The van der Waals surface area contributed by atoms with Gasteiger partial charge in [-0.2, -0.15) is 0 Å². The third kappa shape index (κ3) is 4.85. The van der Waals surface area contributed by atoms with Crippen molar-refractivity contribution in [3.05, 3.63) is 70.8 Å². The predicted octanol–water partition coefficient (Wildman–Crippen LogP) is 3.97. The lowest BCUT2D eigenvalue weighted by Gasteiger charge is -2.15. The third-order valence-corrected chi connectivity index (χ3v) is 4.94. The third-order valence-electron chi connectivity index (χ3n) is 4.94. The van der Waals surface area contributed by atoms with Gasteiger partial charge in [-0.1, -0.05) is 50.2 Å². The van der Waals surface area contributed by atoms with Crippen molar-refractivity contribution in [3.63, 3.8) is 0 Å². The number of nitrogens with zero attached hydrogens (tertiary/aromatic N) is 1. The van der Waals surface area contributed by atoms with Crippen LogP contribution in [0.3, 0.4) is 0 Å². The van der Waals surface area contributed by atoms with E-state index in [4.69, 9.17) is 4.74 Å². The van der Waals surface area contributed by atoms with Crippen molar-refractivity contribution < 1.29 is 19.1 Å². The number of ether oxygens (including phenoxy) is 1. The van der Waals surface area contributed by atoms with E-state index in [2.05, 4.69) is 13.8 Å². The molecule has 1 heterocycles. The fourth-order valence-electron chi connectivity index (χ4n) is 3.24. The van der Waals surface area contributed by atoms with E-state index in [9.17, 15) is 14.4 Å². The van der Waals surface area contributed by atoms with Crippen LogP contribution in [0, 0.1) is 0 Å². The highest BCUT2D eigenvalue weighted by Crippen LogP contribution is 2.17. The molecule has 0 aliphatic carbocycles. The van der Waals surface area contributed by atoms with Gasteiger partial charge in [0.1, 0.15) is 0 Å². The molecule has 1 aliphatic rings. The smallest absolute Gasteiger partial charge is 0.338 e. The van der Waals surface area contributed by atoms with Gasteiger partial charge in [-0.15, -0.1) is 0 Å². The van der Waals surface area contributed by atoms with Gasteiger partial charge in [0.05, 0.1) is 5.56 Å².